The molecule has 0 radical (unpaired) electrons. The third-order valence-corrected chi connectivity index (χ3v) is 2.83. The molecule has 0 saturated carbocycles. The van der Waals surface area contributed by atoms with E-state index in [2.05, 4.69) is 5.32 Å². The van der Waals surface area contributed by atoms with E-state index in [1.165, 1.54) is 0 Å². The normalized spacial score (nSPS) is 9.90. The molecular formula is C15H15N3O2. The van der Waals surface area contributed by atoms with Crippen molar-refractivity contribution in [2.75, 3.05) is 5.32 Å². The average Bonchev–Trinajstić information content (AvgIpc) is 2.47. The summed E-state index contributed by atoms with van der Waals surface area (Å²) in [4.78, 5) is 23.4. The van der Waals surface area contributed by atoms with Crippen LogP contribution in [0.25, 0.3) is 0 Å². The number of hydrazine groups is 1. The quantitative estimate of drug-likeness (QED) is 0.451. The Bertz CT molecular complexity index is 636. The fraction of sp³-hybridized carbons (Fsp3) is 0.0667. The molecule has 102 valence electrons. The van der Waals surface area contributed by atoms with Crippen molar-refractivity contribution in [1.82, 2.24) is 5.43 Å². The van der Waals surface area contributed by atoms with E-state index in [0.29, 0.717) is 16.8 Å². The standard InChI is InChI=1S/C15H15N3O2/c1-10-5-7-11(8-6-10)14(19)17-13-4-2-3-12(9-13)15(20)18-16/h2-9H,16H2,1H3,(H,17,19)(H,18,20). The smallest absolute Gasteiger partial charge is 0.265 e. The summed E-state index contributed by atoms with van der Waals surface area (Å²) in [7, 11) is 0. The number of nitrogen functional groups attached to an aromatic ring is 1. The highest BCUT2D eigenvalue weighted by Crippen LogP contribution is 2.12. The Morgan fingerprint density at radius 3 is 2.30 bits per heavy atom. The Balaban J connectivity index is 2.15. The van der Waals surface area contributed by atoms with Gasteiger partial charge in [-0.3, -0.25) is 15.0 Å². The van der Waals surface area contributed by atoms with Crippen LogP contribution in [0.5, 0.6) is 0 Å². The molecule has 0 unspecified atom stereocenters. The van der Waals surface area contributed by atoms with Crippen molar-refractivity contribution in [1.29, 1.82) is 0 Å². The Morgan fingerprint density at radius 1 is 0.950 bits per heavy atom. The number of nitrogens with two attached hydrogens (primary N) is 1. The van der Waals surface area contributed by atoms with E-state index in [0.717, 1.165) is 5.56 Å². The number of nitrogens with one attached hydrogen (secondary N) is 2. The molecule has 0 heterocycles. The first-order valence-electron chi connectivity index (χ1n) is 6.09. The first-order valence-corrected chi connectivity index (χ1v) is 6.09. The molecule has 0 saturated heterocycles. The monoisotopic (exact) mass is 269 g/mol. The van der Waals surface area contributed by atoms with Crippen molar-refractivity contribution in [3.63, 3.8) is 0 Å². The van der Waals surface area contributed by atoms with E-state index in [-0.39, 0.29) is 5.91 Å². The molecule has 5 heteroatoms. The second-order valence-corrected chi connectivity index (χ2v) is 4.37. The van der Waals surface area contributed by atoms with Crippen LogP contribution in [0.2, 0.25) is 0 Å². The predicted octanol–water partition coefficient (Wildman–Crippen LogP) is 1.85. The summed E-state index contributed by atoms with van der Waals surface area (Å²) in [5.74, 6) is 4.44. The number of carbonyl (C=O) groups is 2. The van der Waals surface area contributed by atoms with Gasteiger partial charge in [-0.25, -0.2) is 5.84 Å². The van der Waals surface area contributed by atoms with Gasteiger partial charge in [-0.15, -0.1) is 0 Å². The van der Waals surface area contributed by atoms with Crippen LogP contribution in [0.3, 0.4) is 0 Å². The maximum absolute atomic E-state index is 12.0. The fourth-order valence-electron chi connectivity index (χ4n) is 1.73. The van der Waals surface area contributed by atoms with E-state index in [1.807, 2.05) is 24.5 Å². The van der Waals surface area contributed by atoms with Gasteiger partial charge >= 0.3 is 0 Å². The summed E-state index contributed by atoms with van der Waals surface area (Å²) < 4.78 is 0. The highest BCUT2D eigenvalue weighted by atomic mass is 16.2. The highest BCUT2D eigenvalue weighted by molar-refractivity contribution is 6.05. The molecule has 2 rings (SSSR count). The molecule has 5 nitrogen and oxygen atoms in total. The van der Waals surface area contributed by atoms with Gasteiger partial charge in [-0.05, 0) is 37.3 Å². The topological polar surface area (TPSA) is 84.2 Å². The lowest BCUT2D eigenvalue weighted by molar-refractivity contribution is 0.0952. The molecule has 0 spiro atoms. The van der Waals surface area contributed by atoms with E-state index in [9.17, 15) is 9.59 Å². The lowest BCUT2D eigenvalue weighted by Crippen LogP contribution is -2.30. The van der Waals surface area contributed by atoms with Crippen LogP contribution in [-0.4, -0.2) is 11.8 Å². The average molecular weight is 269 g/mol. The van der Waals surface area contributed by atoms with Crippen molar-refractivity contribution in [2.24, 2.45) is 5.84 Å². The number of amides is 2. The van der Waals surface area contributed by atoms with E-state index in [1.54, 1.807) is 36.4 Å². The van der Waals surface area contributed by atoms with E-state index < -0.39 is 5.91 Å². The molecule has 2 aromatic carbocycles. The zero-order valence-corrected chi connectivity index (χ0v) is 11.0. The van der Waals surface area contributed by atoms with Crippen molar-refractivity contribution in [3.05, 3.63) is 65.2 Å². The van der Waals surface area contributed by atoms with Crippen molar-refractivity contribution < 1.29 is 9.59 Å². The van der Waals surface area contributed by atoms with Crippen LogP contribution in [0.4, 0.5) is 5.69 Å². The molecule has 0 aliphatic carbocycles. The fourth-order valence-corrected chi connectivity index (χ4v) is 1.73. The molecule has 0 atom stereocenters. The van der Waals surface area contributed by atoms with Crippen LogP contribution < -0.4 is 16.6 Å². The third-order valence-electron chi connectivity index (χ3n) is 2.83. The van der Waals surface area contributed by atoms with Gasteiger partial charge < -0.3 is 5.32 Å². The summed E-state index contributed by atoms with van der Waals surface area (Å²) in [6.45, 7) is 1.95. The van der Waals surface area contributed by atoms with Crippen molar-refractivity contribution in [3.8, 4) is 0 Å². The molecule has 0 aliphatic heterocycles. The zero-order chi connectivity index (χ0) is 14.5. The summed E-state index contributed by atoms with van der Waals surface area (Å²) in [6.07, 6.45) is 0. The Labute approximate surface area is 116 Å². The summed E-state index contributed by atoms with van der Waals surface area (Å²) >= 11 is 0. The number of rotatable bonds is 3. The summed E-state index contributed by atoms with van der Waals surface area (Å²) in [5, 5.41) is 2.74. The maximum atomic E-state index is 12.0. The molecule has 20 heavy (non-hydrogen) atoms. The Kier molecular flexibility index (Phi) is 4.12. The van der Waals surface area contributed by atoms with Gasteiger partial charge in [0.1, 0.15) is 0 Å². The molecular weight excluding hydrogens is 254 g/mol. The molecule has 0 bridgehead atoms. The minimum atomic E-state index is -0.406. The number of benzene rings is 2. The van der Waals surface area contributed by atoms with Gasteiger partial charge in [0.05, 0.1) is 0 Å². The molecule has 2 aromatic rings. The third kappa shape index (κ3) is 3.21. The molecule has 0 aromatic heterocycles. The zero-order valence-electron chi connectivity index (χ0n) is 11.0. The molecule has 0 fully saturated rings. The van der Waals surface area contributed by atoms with Crippen LogP contribution in [0, 0.1) is 6.92 Å². The molecule has 4 N–H and O–H groups in total. The molecule has 0 aliphatic rings. The van der Waals surface area contributed by atoms with Gasteiger partial charge in [-0.1, -0.05) is 23.8 Å². The molecule has 2 amide bonds. The van der Waals surface area contributed by atoms with E-state index in [4.69, 9.17) is 5.84 Å². The van der Waals surface area contributed by atoms with Gasteiger partial charge in [0.2, 0.25) is 0 Å². The Morgan fingerprint density at radius 2 is 1.65 bits per heavy atom. The number of hydrogen-bond donors (Lipinski definition) is 3. The van der Waals surface area contributed by atoms with Crippen molar-refractivity contribution >= 4 is 17.5 Å². The number of hydrogen-bond acceptors (Lipinski definition) is 3. The number of aryl methyl sites for hydroxylation is 1. The number of anilines is 1. The van der Waals surface area contributed by atoms with E-state index >= 15 is 0 Å². The predicted molar refractivity (Wildman–Crippen MR) is 77.2 cm³/mol. The lowest BCUT2D eigenvalue weighted by Gasteiger charge is -2.07. The van der Waals surface area contributed by atoms with Crippen LogP contribution in [0.15, 0.2) is 48.5 Å². The first-order chi connectivity index (χ1) is 9.60. The second-order valence-electron chi connectivity index (χ2n) is 4.37. The first kappa shape index (κ1) is 13.8. The van der Waals surface area contributed by atoms with Gasteiger partial charge in [0, 0.05) is 16.8 Å². The minimum Gasteiger partial charge on any atom is -0.322 e. The number of carbonyl (C=O) groups excluding carboxylic acids is 2. The highest BCUT2D eigenvalue weighted by Gasteiger charge is 2.08. The minimum absolute atomic E-state index is 0.227. The summed E-state index contributed by atoms with van der Waals surface area (Å²) in [6, 6.07) is 13.8. The van der Waals surface area contributed by atoms with Crippen LogP contribution >= 0.6 is 0 Å². The second kappa shape index (κ2) is 5.99. The summed E-state index contributed by atoms with van der Waals surface area (Å²) in [5.41, 5.74) is 4.62. The van der Waals surface area contributed by atoms with Gasteiger partial charge in [0.15, 0.2) is 0 Å². The van der Waals surface area contributed by atoms with Crippen molar-refractivity contribution in [2.45, 2.75) is 6.92 Å². The van der Waals surface area contributed by atoms with Crippen LogP contribution in [-0.2, 0) is 0 Å². The van der Waals surface area contributed by atoms with Crippen LogP contribution in [0.1, 0.15) is 26.3 Å². The lowest BCUT2D eigenvalue weighted by atomic mass is 10.1. The van der Waals surface area contributed by atoms with Gasteiger partial charge in [0.25, 0.3) is 11.8 Å². The van der Waals surface area contributed by atoms with Gasteiger partial charge in [-0.2, -0.15) is 0 Å². The maximum Gasteiger partial charge on any atom is 0.265 e. The Hall–Kier alpha value is -2.66. The largest absolute Gasteiger partial charge is 0.322 e. The SMILES string of the molecule is Cc1ccc(C(=O)Nc2cccc(C(=O)NN)c2)cc1.